The second kappa shape index (κ2) is 24.9. The van der Waals surface area contributed by atoms with Crippen LogP contribution in [0.15, 0.2) is 30.3 Å². The van der Waals surface area contributed by atoms with Gasteiger partial charge in [0.1, 0.15) is 5.78 Å². The Bertz CT molecular complexity index is 1600. The first-order valence-electron chi connectivity index (χ1n) is 21.7. The van der Waals surface area contributed by atoms with Gasteiger partial charge in [0.25, 0.3) is 0 Å². The van der Waals surface area contributed by atoms with E-state index < -0.39 is 58.0 Å². The van der Waals surface area contributed by atoms with E-state index in [9.17, 15) is 32.4 Å². The molecular weight excluding hydrogens is 773 g/mol. The number of carbonyl (C=O) groups is 5. The molecule has 1 aliphatic heterocycles. The number of sulfonamides is 1. The summed E-state index contributed by atoms with van der Waals surface area (Å²) in [5.41, 5.74) is 0.799. The standard InChI is InChI=1S/C45H76N4O9S/c1-13-15-24-59(55,56)47-44(53)34(25-33-20-17-16-18-21-33)26-37(50)32(8)43(58-12)36-22-19-23-49(36)40(52)28-39(57-11)42(31(7)14-2)48(10)45(54)35(29(3)4)27-38(51)41(46-9)30(5)6/h16-18,20-21,29-32,34-36,39,41-43,46H,13-15,19,22-28H2,1-12H3,(H,47,53)/t31-,32-,34+,35-,36-,39+,41-,42-,43+/m0/s1. The molecule has 1 heterocycles. The third-order valence-electron chi connectivity index (χ3n) is 12.4. The van der Waals surface area contributed by atoms with Gasteiger partial charge in [0.2, 0.25) is 27.7 Å². The molecule has 1 aromatic carbocycles. The highest BCUT2D eigenvalue weighted by Crippen LogP contribution is 2.32. The Labute approximate surface area is 355 Å². The van der Waals surface area contributed by atoms with Crippen LogP contribution in [0.4, 0.5) is 0 Å². The van der Waals surface area contributed by atoms with Crippen molar-refractivity contribution in [3.63, 3.8) is 0 Å². The van der Waals surface area contributed by atoms with Gasteiger partial charge in [-0.3, -0.25) is 28.7 Å². The van der Waals surface area contributed by atoms with Crippen molar-refractivity contribution in [1.82, 2.24) is 19.8 Å². The Morgan fingerprint density at radius 3 is 2.07 bits per heavy atom. The Hall–Kier alpha value is -3.20. The lowest BCUT2D eigenvalue weighted by Gasteiger charge is -2.41. The lowest BCUT2D eigenvalue weighted by atomic mass is 9.84. The molecule has 0 bridgehead atoms. The summed E-state index contributed by atoms with van der Waals surface area (Å²) in [5.74, 6) is -3.77. The van der Waals surface area contributed by atoms with Crippen molar-refractivity contribution in [3.8, 4) is 0 Å². The minimum absolute atomic E-state index is 0.00710. The number of amides is 3. The Morgan fingerprint density at radius 2 is 1.54 bits per heavy atom. The maximum atomic E-state index is 14.3. The molecule has 0 radical (unpaired) electrons. The number of nitrogens with one attached hydrogen (secondary N) is 2. The van der Waals surface area contributed by atoms with Gasteiger partial charge in [-0.25, -0.2) is 8.42 Å². The van der Waals surface area contributed by atoms with Crippen LogP contribution in [0.2, 0.25) is 0 Å². The molecule has 0 aromatic heterocycles. The van der Waals surface area contributed by atoms with Gasteiger partial charge in [-0.05, 0) is 56.0 Å². The lowest BCUT2D eigenvalue weighted by Crippen LogP contribution is -2.54. The van der Waals surface area contributed by atoms with Crippen LogP contribution in [0.3, 0.4) is 0 Å². The van der Waals surface area contributed by atoms with Gasteiger partial charge >= 0.3 is 0 Å². The molecular formula is C45H76N4O9S. The van der Waals surface area contributed by atoms with Crippen LogP contribution in [0.25, 0.3) is 0 Å². The minimum atomic E-state index is -3.87. The average molecular weight is 849 g/mol. The molecule has 0 unspecified atom stereocenters. The van der Waals surface area contributed by atoms with Crippen molar-refractivity contribution in [2.45, 2.75) is 144 Å². The van der Waals surface area contributed by atoms with Crippen molar-refractivity contribution in [3.05, 3.63) is 35.9 Å². The number of hydrogen-bond acceptors (Lipinski definition) is 10. The van der Waals surface area contributed by atoms with E-state index in [1.54, 1.807) is 37.9 Å². The molecule has 1 saturated heterocycles. The fourth-order valence-electron chi connectivity index (χ4n) is 8.63. The summed E-state index contributed by atoms with van der Waals surface area (Å²) in [6, 6.07) is 7.92. The maximum absolute atomic E-state index is 14.3. The monoisotopic (exact) mass is 849 g/mol. The quantitative estimate of drug-likeness (QED) is 0.116. The molecule has 14 heteroatoms. The fraction of sp³-hybridized carbons (Fsp3) is 0.756. The van der Waals surface area contributed by atoms with Gasteiger partial charge in [0.05, 0.1) is 42.5 Å². The predicted octanol–water partition coefficient (Wildman–Crippen LogP) is 5.45. The summed E-state index contributed by atoms with van der Waals surface area (Å²) in [7, 11) is 2.69. The Balaban J connectivity index is 2.32. The first-order valence-corrected chi connectivity index (χ1v) is 23.4. The molecule has 0 saturated carbocycles. The van der Waals surface area contributed by atoms with Crippen LogP contribution < -0.4 is 10.0 Å². The van der Waals surface area contributed by atoms with Crippen molar-refractivity contribution in [1.29, 1.82) is 0 Å². The highest BCUT2D eigenvalue weighted by Gasteiger charge is 2.43. The number of nitrogens with zero attached hydrogens (tertiary/aromatic N) is 2. The summed E-state index contributed by atoms with van der Waals surface area (Å²) < 4.78 is 39.6. The van der Waals surface area contributed by atoms with Crippen molar-refractivity contribution >= 4 is 39.3 Å². The number of carbonyl (C=O) groups excluding carboxylic acids is 5. The lowest BCUT2D eigenvalue weighted by molar-refractivity contribution is -0.149. The molecule has 2 rings (SSSR count). The molecule has 0 aliphatic carbocycles. The molecule has 13 nitrogen and oxygen atoms in total. The van der Waals surface area contributed by atoms with Crippen LogP contribution in [0.5, 0.6) is 0 Å². The minimum Gasteiger partial charge on any atom is -0.379 e. The zero-order chi connectivity index (χ0) is 44.6. The van der Waals surface area contributed by atoms with Gasteiger partial charge in [-0.1, -0.05) is 98.6 Å². The van der Waals surface area contributed by atoms with Crippen LogP contribution >= 0.6 is 0 Å². The van der Waals surface area contributed by atoms with E-state index in [2.05, 4.69) is 10.0 Å². The number of rotatable bonds is 27. The van der Waals surface area contributed by atoms with Gasteiger partial charge < -0.3 is 24.6 Å². The topological polar surface area (TPSA) is 168 Å². The second-order valence-corrected chi connectivity index (χ2v) is 19.2. The highest BCUT2D eigenvalue weighted by atomic mass is 32.2. The Kier molecular flexibility index (Phi) is 21.9. The average Bonchev–Trinajstić information content (AvgIpc) is 3.68. The largest absolute Gasteiger partial charge is 0.379 e. The molecule has 9 atom stereocenters. The second-order valence-electron chi connectivity index (χ2n) is 17.3. The normalized spacial score (nSPS) is 18.7. The van der Waals surface area contributed by atoms with E-state index in [1.165, 1.54) is 7.11 Å². The summed E-state index contributed by atoms with van der Waals surface area (Å²) in [6.45, 7) is 16.0. The first-order chi connectivity index (χ1) is 27.8. The van der Waals surface area contributed by atoms with E-state index >= 15 is 0 Å². The Morgan fingerprint density at radius 1 is 0.898 bits per heavy atom. The first kappa shape index (κ1) is 51.9. The van der Waals surface area contributed by atoms with Gasteiger partial charge in [-0.2, -0.15) is 0 Å². The van der Waals surface area contributed by atoms with E-state index in [0.29, 0.717) is 32.2 Å². The van der Waals surface area contributed by atoms with Crippen LogP contribution in [0.1, 0.15) is 112 Å². The molecule has 3 amide bonds. The highest BCUT2D eigenvalue weighted by molar-refractivity contribution is 7.90. The summed E-state index contributed by atoms with van der Waals surface area (Å²) in [4.78, 5) is 72.9. The summed E-state index contributed by atoms with van der Waals surface area (Å²) in [6.07, 6.45) is 1.81. The van der Waals surface area contributed by atoms with Crippen LogP contribution in [0, 0.1) is 35.5 Å². The SMILES string of the molecule is CCCCS(=O)(=O)NC(=O)[C@@H](CC(=O)[C@H](C)[C@@H](OC)[C@@H]1CCCN1C(=O)C[C@@H](OC)[C@H]([C@@H](C)CC)N(C)C(=O)[C@@H](CC(=O)[C@@H](NC)C(C)C)C(C)C)Cc1ccccc1. The predicted molar refractivity (Wildman–Crippen MR) is 232 cm³/mol. The zero-order valence-electron chi connectivity index (χ0n) is 38.0. The van der Waals surface area contributed by atoms with Gasteiger partial charge in [0.15, 0.2) is 5.78 Å². The molecule has 59 heavy (non-hydrogen) atoms. The van der Waals surface area contributed by atoms with E-state index in [4.69, 9.17) is 9.47 Å². The van der Waals surface area contributed by atoms with Crippen molar-refractivity contribution < 1.29 is 41.9 Å². The molecule has 1 fully saturated rings. The van der Waals surface area contributed by atoms with E-state index in [1.807, 2.05) is 78.8 Å². The maximum Gasteiger partial charge on any atom is 0.237 e. The number of ketones is 2. The number of methoxy groups -OCH3 is 2. The van der Waals surface area contributed by atoms with Gasteiger partial charge in [-0.15, -0.1) is 0 Å². The molecule has 2 N–H and O–H groups in total. The van der Waals surface area contributed by atoms with Crippen LogP contribution in [-0.4, -0.2) is 118 Å². The smallest absolute Gasteiger partial charge is 0.237 e. The number of likely N-dealkylation sites (tertiary alicyclic amines) is 1. The number of ether oxygens (including phenoxy) is 2. The van der Waals surface area contributed by atoms with Gasteiger partial charge in [0, 0.05) is 58.4 Å². The van der Waals surface area contributed by atoms with E-state index in [-0.39, 0.29) is 78.6 Å². The molecule has 1 aromatic rings. The van der Waals surface area contributed by atoms with Crippen molar-refractivity contribution in [2.24, 2.45) is 35.5 Å². The number of unbranched alkanes of at least 4 members (excludes halogenated alkanes) is 1. The number of hydrogen-bond donors (Lipinski definition) is 2. The molecule has 0 spiro atoms. The number of Topliss-reactive ketones (excluding diaryl/α,β-unsaturated/α-hetero) is 2. The third kappa shape index (κ3) is 15.0. The fourth-order valence-corrected chi connectivity index (χ4v) is 9.87. The van der Waals surface area contributed by atoms with Crippen LogP contribution in [-0.2, 0) is 49.9 Å². The number of likely N-dealkylation sites (N-methyl/N-ethyl adjacent to an activating group) is 2. The molecule has 336 valence electrons. The number of benzene rings is 1. The van der Waals surface area contributed by atoms with E-state index in [0.717, 1.165) is 12.0 Å². The zero-order valence-corrected chi connectivity index (χ0v) is 38.8. The summed E-state index contributed by atoms with van der Waals surface area (Å²) >= 11 is 0. The third-order valence-corrected chi connectivity index (χ3v) is 13.7. The van der Waals surface area contributed by atoms with Crippen molar-refractivity contribution in [2.75, 3.05) is 40.6 Å². The molecule has 1 aliphatic rings. The summed E-state index contributed by atoms with van der Waals surface area (Å²) in [5, 5.41) is 3.10.